The van der Waals surface area contributed by atoms with Crippen molar-refractivity contribution >= 4 is 0 Å². The first-order valence-electron chi connectivity index (χ1n) is 7.12. The average Bonchev–Trinajstić information content (AvgIpc) is 2.06. The molecule has 1 aliphatic carbocycles. The molecule has 1 aliphatic rings. The van der Waals surface area contributed by atoms with Crippen LogP contribution in [0.15, 0.2) is 0 Å². The molecule has 0 radical (unpaired) electrons. The van der Waals surface area contributed by atoms with Gasteiger partial charge < -0.3 is 10.4 Å². The van der Waals surface area contributed by atoms with Gasteiger partial charge in [-0.1, -0.05) is 27.7 Å². The molecule has 1 unspecified atom stereocenters. The Kier molecular flexibility index (Phi) is 5.03. The molecule has 1 atom stereocenters. The first-order valence-corrected chi connectivity index (χ1v) is 7.12. The van der Waals surface area contributed by atoms with Gasteiger partial charge in [0.1, 0.15) is 0 Å². The van der Waals surface area contributed by atoms with E-state index in [1.165, 1.54) is 19.3 Å². The Balaban J connectivity index is 2.33. The summed E-state index contributed by atoms with van der Waals surface area (Å²) in [5, 5.41) is 12.9. The molecule has 1 fully saturated rings. The molecule has 2 N–H and O–H groups in total. The van der Waals surface area contributed by atoms with Gasteiger partial charge >= 0.3 is 0 Å². The second kappa shape index (κ2) is 5.71. The summed E-state index contributed by atoms with van der Waals surface area (Å²) in [6, 6.07) is 0.655. The summed E-state index contributed by atoms with van der Waals surface area (Å²) in [5.41, 5.74) is 0.924. The fourth-order valence-corrected chi connectivity index (χ4v) is 3.69. The Morgan fingerprint density at radius 2 is 1.71 bits per heavy atom. The van der Waals surface area contributed by atoms with E-state index in [9.17, 15) is 5.11 Å². The number of aliphatic hydroxyl groups is 1. The number of hydrogen-bond acceptors (Lipinski definition) is 2. The van der Waals surface area contributed by atoms with Crippen molar-refractivity contribution < 1.29 is 5.11 Å². The predicted octanol–water partition coefficient (Wildman–Crippen LogP) is 3.34. The first kappa shape index (κ1) is 15.0. The zero-order chi connectivity index (χ0) is 13.1. The van der Waals surface area contributed by atoms with E-state index in [2.05, 4.69) is 33.0 Å². The van der Waals surface area contributed by atoms with E-state index in [4.69, 9.17) is 0 Å². The van der Waals surface area contributed by atoms with Gasteiger partial charge in [0.15, 0.2) is 0 Å². The van der Waals surface area contributed by atoms with Crippen LogP contribution in [-0.2, 0) is 0 Å². The van der Waals surface area contributed by atoms with Crippen LogP contribution in [0.5, 0.6) is 0 Å². The second-order valence-electron chi connectivity index (χ2n) is 7.56. The number of nitrogens with one attached hydrogen (secondary N) is 1. The van der Waals surface area contributed by atoms with Crippen molar-refractivity contribution in [2.75, 3.05) is 6.54 Å². The Bertz CT molecular complexity index is 217. The van der Waals surface area contributed by atoms with Gasteiger partial charge in [-0.15, -0.1) is 0 Å². The topological polar surface area (TPSA) is 32.3 Å². The van der Waals surface area contributed by atoms with Gasteiger partial charge in [-0.05, 0) is 56.4 Å². The Hall–Kier alpha value is -0.0800. The fourth-order valence-electron chi connectivity index (χ4n) is 3.69. The smallest absolute Gasteiger partial charge is 0.0512 e. The standard InChI is InChI=1S/C15H31NO/c1-12(17)7-6-8-16-13-9-14(2,3)11-15(4,5)10-13/h12-13,16-17H,6-11H2,1-5H3. The normalized spacial score (nSPS) is 25.8. The van der Waals surface area contributed by atoms with Gasteiger partial charge in [0.2, 0.25) is 0 Å². The van der Waals surface area contributed by atoms with Crippen molar-refractivity contribution in [2.24, 2.45) is 10.8 Å². The highest BCUT2D eigenvalue weighted by Crippen LogP contribution is 2.45. The number of rotatable bonds is 5. The van der Waals surface area contributed by atoms with Crippen molar-refractivity contribution in [3.05, 3.63) is 0 Å². The van der Waals surface area contributed by atoms with Crippen molar-refractivity contribution in [1.29, 1.82) is 0 Å². The van der Waals surface area contributed by atoms with Gasteiger partial charge in [-0.3, -0.25) is 0 Å². The van der Waals surface area contributed by atoms with Crippen molar-refractivity contribution in [2.45, 2.75) is 78.9 Å². The highest BCUT2D eigenvalue weighted by Gasteiger charge is 2.37. The van der Waals surface area contributed by atoms with Crippen LogP contribution in [0.25, 0.3) is 0 Å². The maximum absolute atomic E-state index is 9.23. The minimum absolute atomic E-state index is 0.156. The molecule has 0 aliphatic heterocycles. The lowest BCUT2D eigenvalue weighted by atomic mass is 9.63. The van der Waals surface area contributed by atoms with Crippen molar-refractivity contribution in [1.82, 2.24) is 5.32 Å². The summed E-state index contributed by atoms with van der Waals surface area (Å²) in [5.74, 6) is 0. The fraction of sp³-hybridized carbons (Fsp3) is 1.00. The second-order valence-corrected chi connectivity index (χ2v) is 7.56. The van der Waals surface area contributed by atoms with Crippen molar-refractivity contribution in [3.63, 3.8) is 0 Å². The van der Waals surface area contributed by atoms with Gasteiger partial charge in [-0.2, -0.15) is 0 Å². The summed E-state index contributed by atoms with van der Waals surface area (Å²) in [7, 11) is 0. The van der Waals surface area contributed by atoms with Crippen molar-refractivity contribution in [3.8, 4) is 0 Å². The molecule has 0 aromatic carbocycles. The molecule has 2 nitrogen and oxygen atoms in total. The zero-order valence-corrected chi connectivity index (χ0v) is 12.3. The third kappa shape index (κ3) is 5.87. The number of aliphatic hydroxyl groups excluding tert-OH is 1. The Labute approximate surface area is 107 Å². The van der Waals surface area contributed by atoms with Crippen LogP contribution < -0.4 is 5.32 Å². The summed E-state index contributed by atoms with van der Waals surface area (Å²) >= 11 is 0. The first-order chi connectivity index (χ1) is 7.70. The molecule has 2 heteroatoms. The molecule has 0 aromatic heterocycles. The lowest BCUT2D eigenvalue weighted by Crippen LogP contribution is -2.44. The molecule has 17 heavy (non-hydrogen) atoms. The van der Waals surface area contributed by atoms with Gasteiger partial charge in [-0.25, -0.2) is 0 Å². The van der Waals surface area contributed by atoms with Crippen LogP contribution in [0.3, 0.4) is 0 Å². The zero-order valence-electron chi connectivity index (χ0n) is 12.3. The molecule has 0 amide bonds. The summed E-state index contributed by atoms with van der Waals surface area (Å²) < 4.78 is 0. The third-order valence-corrected chi connectivity index (χ3v) is 3.79. The molecule has 102 valence electrons. The van der Waals surface area contributed by atoms with Gasteiger partial charge in [0.05, 0.1) is 6.10 Å². The van der Waals surface area contributed by atoms with E-state index >= 15 is 0 Å². The molecule has 0 aromatic rings. The maximum atomic E-state index is 9.23. The maximum Gasteiger partial charge on any atom is 0.0512 e. The number of hydrogen-bond donors (Lipinski definition) is 2. The van der Waals surface area contributed by atoms with Crippen LogP contribution in [0, 0.1) is 10.8 Å². The summed E-state index contributed by atoms with van der Waals surface area (Å²) in [4.78, 5) is 0. The van der Waals surface area contributed by atoms with Crippen LogP contribution in [-0.4, -0.2) is 23.8 Å². The average molecular weight is 241 g/mol. The lowest BCUT2D eigenvalue weighted by Gasteiger charge is -2.45. The minimum Gasteiger partial charge on any atom is -0.393 e. The van der Waals surface area contributed by atoms with Gasteiger partial charge in [0.25, 0.3) is 0 Å². The third-order valence-electron chi connectivity index (χ3n) is 3.79. The Morgan fingerprint density at radius 1 is 1.18 bits per heavy atom. The monoisotopic (exact) mass is 241 g/mol. The van der Waals surface area contributed by atoms with E-state index in [-0.39, 0.29) is 6.10 Å². The van der Waals surface area contributed by atoms with E-state index in [1.54, 1.807) is 0 Å². The highest BCUT2D eigenvalue weighted by molar-refractivity contribution is 4.92. The molecular weight excluding hydrogens is 210 g/mol. The Morgan fingerprint density at radius 3 is 2.18 bits per heavy atom. The molecule has 1 rings (SSSR count). The molecule has 0 bridgehead atoms. The predicted molar refractivity (Wildman–Crippen MR) is 74.1 cm³/mol. The summed E-state index contributed by atoms with van der Waals surface area (Å²) in [6.07, 6.45) is 5.72. The quantitative estimate of drug-likeness (QED) is 0.724. The summed E-state index contributed by atoms with van der Waals surface area (Å²) in [6.45, 7) is 12.5. The van der Waals surface area contributed by atoms with E-state index in [0.29, 0.717) is 16.9 Å². The molecule has 1 saturated carbocycles. The van der Waals surface area contributed by atoms with Crippen LogP contribution >= 0.6 is 0 Å². The molecule has 0 spiro atoms. The molecule has 0 heterocycles. The lowest BCUT2D eigenvalue weighted by molar-refractivity contribution is 0.0843. The molecule has 0 saturated heterocycles. The van der Waals surface area contributed by atoms with Crippen LogP contribution in [0.4, 0.5) is 0 Å². The SMILES string of the molecule is CC(O)CCCNC1CC(C)(C)CC(C)(C)C1. The highest BCUT2D eigenvalue weighted by atomic mass is 16.3. The van der Waals surface area contributed by atoms with E-state index in [0.717, 1.165) is 19.4 Å². The van der Waals surface area contributed by atoms with E-state index in [1.807, 2.05) is 6.92 Å². The van der Waals surface area contributed by atoms with Crippen LogP contribution in [0.1, 0.15) is 66.7 Å². The molecular formula is C15H31NO. The van der Waals surface area contributed by atoms with E-state index < -0.39 is 0 Å². The minimum atomic E-state index is -0.156. The largest absolute Gasteiger partial charge is 0.393 e. The van der Waals surface area contributed by atoms with Crippen LogP contribution in [0.2, 0.25) is 0 Å². The van der Waals surface area contributed by atoms with Gasteiger partial charge in [0, 0.05) is 6.04 Å².